The number of amides is 2. The van der Waals surface area contributed by atoms with E-state index in [0.29, 0.717) is 12.2 Å². The van der Waals surface area contributed by atoms with Crippen LogP contribution in [0.4, 0.5) is 4.79 Å². The summed E-state index contributed by atoms with van der Waals surface area (Å²) in [6.45, 7) is 5.19. The molecule has 0 fully saturated rings. The number of carboxylic acid groups (broad SMARTS) is 1. The SMILES string of the molecule is COc1ccc(CC(C(=O)OC(C)C(NC(=O)C(CC(C)C)N(C)C(=O)OCc2ccccc2)C(=O)O)N(C)C)cc1. The Kier molecular flexibility index (Phi) is 13.3. The number of methoxy groups -OCH3 is 1. The minimum Gasteiger partial charge on any atom is -0.497 e. The van der Waals surface area contributed by atoms with Gasteiger partial charge in [0.25, 0.3) is 0 Å². The van der Waals surface area contributed by atoms with Gasteiger partial charge in [0.05, 0.1) is 7.11 Å². The summed E-state index contributed by atoms with van der Waals surface area (Å²) in [5, 5.41) is 12.4. The van der Waals surface area contributed by atoms with E-state index >= 15 is 0 Å². The molecule has 2 aromatic rings. The first-order valence-electron chi connectivity index (χ1n) is 13.8. The van der Waals surface area contributed by atoms with Gasteiger partial charge in [-0.2, -0.15) is 0 Å². The molecule has 0 aliphatic rings. The fraction of sp³-hybridized carbons (Fsp3) is 0.484. The van der Waals surface area contributed by atoms with Gasteiger partial charge in [-0.3, -0.25) is 19.4 Å². The number of carbonyl (C=O) groups is 4. The van der Waals surface area contributed by atoms with E-state index in [1.54, 1.807) is 38.2 Å². The summed E-state index contributed by atoms with van der Waals surface area (Å²) in [6.07, 6.45) is -1.35. The minimum atomic E-state index is -1.55. The van der Waals surface area contributed by atoms with Gasteiger partial charge in [-0.25, -0.2) is 9.59 Å². The van der Waals surface area contributed by atoms with Crippen molar-refractivity contribution < 1.29 is 38.5 Å². The summed E-state index contributed by atoms with van der Waals surface area (Å²) < 4.78 is 16.1. The molecule has 0 saturated heterocycles. The van der Waals surface area contributed by atoms with E-state index in [9.17, 15) is 24.3 Å². The van der Waals surface area contributed by atoms with Crippen LogP contribution in [-0.2, 0) is 36.9 Å². The van der Waals surface area contributed by atoms with Crippen LogP contribution in [-0.4, -0.2) is 91.3 Å². The molecule has 2 aromatic carbocycles. The molecule has 11 heteroatoms. The lowest BCUT2D eigenvalue weighted by atomic mass is 10.0. The Morgan fingerprint density at radius 3 is 2.02 bits per heavy atom. The third kappa shape index (κ3) is 10.4. The van der Waals surface area contributed by atoms with Crippen molar-refractivity contribution in [2.24, 2.45) is 5.92 Å². The smallest absolute Gasteiger partial charge is 0.410 e. The number of carbonyl (C=O) groups excluding carboxylic acids is 3. The Balaban J connectivity index is 2.11. The molecule has 2 amide bonds. The number of benzene rings is 2. The highest BCUT2D eigenvalue weighted by Gasteiger charge is 2.36. The Hall–Kier alpha value is -4.12. The average molecular weight is 586 g/mol. The zero-order chi connectivity index (χ0) is 31.4. The largest absolute Gasteiger partial charge is 0.497 e. The van der Waals surface area contributed by atoms with Crippen molar-refractivity contribution in [3.63, 3.8) is 0 Å². The number of hydrogen-bond acceptors (Lipinski definition) is 8. The second kappa shape index (κ2) is 16.4. The van der Waals surface area contributed by atoms with Crippen LogP contribution >= 0.6 is 0 Å². The van der Waals surface area contributed by atoms with Gasteiger partial charge in [-0.15, -0.1) is 0 Å². The highest BCUT2D eigenvalue weighted by atomic mass is 16.6. The maximum atomic E-state index is 13.4. The molecule has 0 aliphatic heterocycles. The van der Waals surface area contributed by atoms with Gasteiger partial charge in [0.15, 0.2) is 6.04 Å². The molecule has 0 aromatic heterocycles. The number of hydrogen-bond donors (Lipinski definition) is 2. The first-order chi connectivity index (χ1) is 19.8. The summed E-state index contributed by atoms with van der Waals surface area (Å²) in [7, 11) is 6.44. The van der Waals surface area contributed by atoms with Crippen LogP contribution in [0.1, 0.15) is 38.3 Å². The third-order valence-electron chi connectivity index (χ3n) is 6.78. The second-order valence-corrected chi connectivity index (χ2v) is 10.8. The predicted octanol–water partition coefficient (Wildman–Crippen LogP) is 3.35. The zero-order valence-electron chi connectivity index (χ0n) is 25.4. The number of ether oxygens (including phenoxy) is 3. The summed E-state index contributed by atoms with van der Waals surface area (Å²) in [4.78, 5) is 54.3. The molecule has 4 atom stereocenters. The van der Waals surface area contributed by atoms with Gasteiger partial charge >= 0.3 is 18.0 Å². The van der Waals surface area contributed by atoms with E-state index in [2.05, 4.69) is 5.32 Å². The maximum absolute atomic E-state index is 13.4. The van der Waals surface area contributed by atoms with Crippen molar-refractivity contribution in [1.29, 1.82) is 0 Å². The number of nitrogens with zero attached hydrogens (tertiary/aromatic N) is 2. The number of esters is 1. The molecular weight excluding hydrogens is 542 g/mol. The maximum Gasteiger partial charge on any atom is 0.410 e. The summed E-state index contributed by atoms with van der Waals surface area (Å²) in [6, 6.07) is 13.1. The first kappa shape index (κ1) is 34.1. The Morgan fingerprint density at radius 2 is 1.50 bits per heavy atom. The first-order valence-corrected chi connectivity index (χ1v) is 13.8. The van der Waals surface area contributed by atoms with Crippen LogP contribution in [0.15, 0.2) is 54.6 Å². The molecule has 4 unspecified atom stereocenters. The van der Waals surface area contributed by atoms with E-state index < -0.39 is 48.2 Å². The minimum absolute atomic E-state index is 0.00227. The quantitative estimate of drug-likeness (QED) is 0.302. The highest BCUT2D eigenvalue weighted by molar-refractivity contribution is 5.89. The zero-order valence-corrected chi connectivity index (χ0v) is 25.4. The number of carboxylic acids is 1. The lowest BCUT2D eigenvalue weighted by Gasteiger charge is -2.31. The molecule has 0 radical (unpaired) electrons. The lowest BCUT2D eigenvalue weighted by Crippen LogP contribution is -2.56. The third-order valence-corrected chi connectivity index (χ3v) is 6.78. The molecule has 11 nitrogen and oxygen atoms in total. The molecule has 0 bridgehead atoms. The van der Waals surface area contributed by atoms with E-state index in [4.69, 9.17) is 14.2 Å². The van der Waals surface area contributed by atoms with Gasteiger partial charge < -0.3 is 24.6 Å². The van der Waals surface area contributed by atoms with Crippen LogP contribution in [0.25, 0.3) is 0 Å². The van der Waals surface area contributed by atoms with Gasteiger partial charge in [0, 0.05) is 7.05 Å². The van der Waals surface area contributed by atoms with Crippen LogP contribution in [0.3, 0.4) is 0 Å². The predicted molar refractivity (Wildman–Crippen MR) is 157 cm³/mol. The lowest BCUT2D eigenvalue weighted by molar-refractivity contribution is -0.160. The molecule has 230 valence electrons. The molecule has 42 heavy (non-hydrogen) atoms. The molecule has 2 rings (SSSR count). The van der Waals surface area contributed by atoms with Crippen molar-refractivity contribution in [2.75, 3.05) is 28.3 Å². The van der Waals surface area contributed by atoms with Crippen molar-refractivity contribution >= 4 is 23.9 Å². The normalized spacial score (nSPS) is 13.9. The molecule has 0 heterocycles. The van der Waals surface area contributed by atoms with Gasteiger partial charge in [0.2, 0.25) is 5.91 Å². The van der Waals surface area contributed by atoms with E-state index in [1.165, 1.54) is 14.0 Å². The van der Waals surface area contributed by atoms with Crippen LogP contribution in [0, 0.1) is 5.92 Å². The Morgan fingerprint density at radius 1 is 0.881 bits per heavy atom. The number of nitrogens with one attached hydrogen (secondary N) is 1. The molecule has 2 N–H and O–H groups in total. The van der Waals surface area contributed by atoms with Crippen LogP contribution in [0.2, 0.25) is 0 Å². The van der Waals surface area contributed by atoms with Gasteiger partial charge in [-0.05, 0) is 63.0 Å². The van der Waals surface area contributed by atoms with Crippen LogP contribution in [0.5, 0.6) is 5.75 Å². The van der Waals surface area contributed by atoms with Gasteiger partial charge in [-0.1, -0.05) is 56.3 Å². The monoisotopic (exact) mass is 585 g/mol. The highest BCUT2D eigenvalue weighted by Crippen LogP contribution is 2.17. The number of rotatable bonds is 15. The topological polar surface area (TPSA) is 135 Å². The fourth-order valence-electron chi connectivity index (χ4n) is 4.26. The van der Waals surface area contributed by atoms with Crippen molar-refractivity contribution in [2.45, 2.75) is 64.4 Å². The van der Waals surface area contributed by atoms with E-state index in [0.717, 1.165) is 16.0 Å². The summed E-state index contributed by atoms with van der Waals surface area (Å²) >= 11 is 0. The Bertz CT molecular complexity index is 1170. The van der Waals surface area contributed by atoms with Crippen molar-refractivity contribution in [3.8, 4) is 5.75 Å². The summed E-state index contributed by atoms with van der Waals surface area (Å²) in [5.41, 5.74) is 1.65. The Labute approximate surface area is 247 Å². The van der Waals surface area contributed by atoms with Gasteiger partial charge in [0.1, 0.15) is 30.5 Å². The molecular formula is C31H43N3O8. The van der Waals surface area contributed by atoms with Crippen LogP contribution < -0.4 is 10.1 Å². The molecule has 0 saturated carbocycles. The van der Waals surface area contributed by atoms with E-state index in [1.807, 2.05) is 56.3 Å². The second-order valence-electron chi connectivity index (χ2n) is 10.8. The standard InChI is InChI=1S/C31H43N3O8/c1-20(2)17-25(34(6)31(39)41-19-23-11-9-8-10-12-23)28(35)32-27(29(36)37)21(3)42-30(38)26(33(4)5)18-22-13-15-24(40-7)16-14-22/h8-16,20-21,25-27H,17-19H2,1-7H3,(H,32,35)(H,36,37). The number of likely N-dealkylation sites (N-methyl/N-ethyl adjacent to an activating group) is 2. The number of aliphatic carboxylic acids is 1. The fourth-order valence-corrected chi connectivity index (χ4v) is 4.26. The van der Waals surface area contributed by atoms with Crippen molar-refractivity contribution in [3.05, 3.63) is 65.7 Å². The van der Waals surface area contributed by atoms with E-state index in [-0.39, 0.29) is 18.9 Å². The average Bonchev–Trinajstić information content (AvgIpc) is 2.95. The molecule has 0 spiro atoms. The molecule has 0 aliphatic carbocycles. The van der Waals surface area contributed by atoms with Crippen molar-refractivity contribution in [1.82, 2.24) is 15.1 Å². The summed E-state index contributed by atoms with van der Waals surface area (Å²) in [5.74, 6) is -2.02.